The molecular formula is C18H16ClFN4OS. The number of aromatic nitrogens is 2. The van der Waals surface area contributed by atoms with E-state index in [-0.39, 0.29) is 11.7 Å². The molecule has 0 unspecified atom stereocenters. The van der Waals surface area contributed by atoms with E-state index in [1.54, 1.807) is 43.6 Å². The van der Waals surface area contributed by atoms with Crippen molar-refractivity contribution in [3.8, 4) is 0 Å². The molecule has 0 aliphatic carbocycles. The molecule has 0 atom stereocenters. The summed E-state index contributed by atoms with van der Waals surface area (Å²) >= 11 is 6.96. The van der Waals surface area contributed by atoms with Crippen molar-refractivity contribution in [1.82, 2.24) is 9.78 Å². The van der Waals surface area contributed by atoms with Crippen molar-refractivity contribution in [2.45, 2.75) is 11.8 Å². The molecule has 5 nitrogen and oxygen atoms in total. The average molecular weight is 391 g/mol. The Kier molecular flexibility index (Phi) is 5.49. The van der Waals surface area contributed by atoms with Gasteiger partial charge in [-0.2, -0.15) is 5.10 Å². The molecule has 1 amide bonds. The van der Waals surface area contributed by atoms with Gasteiger partial charge in [0.15, 0.2) is 0 Å². The largest absolute Gasteiger partial charge is 0.326 e. The molecule has 3 rings (SSSR count). The molecule has 3 aromatic rings. The van der Waals surface area contributed by atoms with Gasteiger partial charge in [0, 0.05) is 23.4 Å². The average Bonchev–Trinajstić information content (AvgIpc) is 2.95. The standard InChI is InChI=1S/C18H16ClFN4OS/c1-11-10-21-24(2)17(11)18(25)22-14-7-8-15(20)16(9-14)26-23-13-5-3-12(19)4-6-13/h3-10,23H,1-2H3,(H,22,25). The fourth-order valence-electron chi connectivity index (χ4n) is 2.35. The van der Waals surface area contributed by atoms with Crippen LogP contribution >= 0.6 is 23.5 Å². The first kappa shape index (κ1) is 18.3. The number of carbonyl (C=O) groups is 1. The van der Waals surface area contributed by atoms with E-state index < -0.39 is 0 Å². The molecule has 2 N–H and O–H groups in total. The summed E-state index contributed by atoms with van der Waals surface area (Å²) in [5.74, 6) is -0.679. The Balaban J connectivity index is 1.73. The Morgan fingerprint density at radius 3 is 2.54 bits per heavy atom. The number of halogens is 2. The van der Waals surface area contributed by atoms with Gasteiger partial charge in [-0.05, 0) is 66.9 Å². The maximum absolute atomic E-state index is 14.1. The van der Waals surface area contributed by atoms with Crippen molar-refractivity contribution in [2.75, 3.05) is 10.0 Å². The Morgan fingerprint density at radius 1 is 1.19 bits per heavy atom. The van der Waals surface area contributed by atoms with Gasteiger partial charge in [0.2, 0.25) is 0 Å². The topological polar surface area (TPSA) is 59.0 Å². The third-order valence-corrected chi connectivity index (χ3v) is 4.77. The second-order valence-electron chi connectivity index (χ2n) is 5.61. The summed E-state index contributed by atoms with van der Waals surface area (Å²) in [7, 11) is 1.70. The van der Waals surface area contributed by atoms with Gasteiger partial charge in [0.1, 0.15) is 11.5 Å². The molecule has 0 spiro atoms. The molecule has 0 saturated carbocycles. The van der Waals surface area contributed by atoms with Gasteiger partial charge < -0.3 is 10.0 Å². The van der Waals surface area contributed by atoms with Crippen LogP contribution in [0, 0.1) is 12.7 Å². The van der Waals surface area contributed by atoms with E-state index in [4.69, 9.17) is 11.6 Å². The van der Waals surface area contributed by atoms with Crippen molar-refractivity contribution in [1.29, 1.82) is 0 Å². The van der Waals surface area contributed by atoms with Crippen molar-refractivity contribution in [3.05, 3.63) is 70.8 Å². The highest BCUT2D eigenvalue weighted by atomic mass is 35.5. The van der Waals surface area contributed by atoms with Gasteiger partial charge in [0.25, 0.3) is 5.91 Å². The van der Waals surface area contributed by atoms with Crippen LogP contribution < -0.4 is 10.0 Å². The quantitative estimate of drug-likeness (QED) is 0.609. The monoisotopic (exact) mass is 390 g/mol. The highest BCUT2D eigenvalue weighted by Crippen LogP contribution is 2.27. The first-order chi connectivity index (χ1) is 12.4. The van der Waals surface area contributed by atoms with E-state index in [1.807, 2.05) is 6.92 Å². The van der Waals surface area contributed by atoms with Gasteiger partial charge >= 0.3 is 0 Å². The van der Waals surface area contributed by atoms with Gasteiger partial charge in [0.05, 0.1) is 11.1 Å². The number of rotatable bonds is 5. The summed E-state index contributed by atoms with van der Waals surface area (Å²) in [6, 6.07) is 11.5. The van der Waals surface area contributed by atoms with E-state index in [0.29, 0.717) is 21.3 Å². The Labute approximate surface area is 159 Å². The molecule has 0 aliphatic heterocycles. The van der Waals surface area contributed by atoms with Gasteiger partial charge in [-0.3, -0.25) is 9.48 Å². The molecule has 0 aliphatic rings. The van der Waals surface area contributed by atoms with Crippen molar-refractivity contribution in [3.63, 3.8) is 0 Å². The molecule has 0 bridgehead atoms. The number of hydrogen-bond acceptors (Lipinski definition) is 4. The maximum Gasteiger partial charge on any atom is 0.274 e. The van der Waals surface area contributed by atoms with Crippen LogP contribution in [0.2, 0.25) is 5.02 Å². The first-order valence-electron chi connectivity index (χ1n) is 7.72. The van der Waals surface area contributed by atoms with Crippen molar-refractivity contribution in [2.24, 2.45) is 7.05 Å². The number of nitrogens with zero attached hydrogens (tertiary/aromatic N) is 2. The minimum Gasteiger partial charge on any atom is -0.326 e. The number of aryl methyl sites for hydroxylation is 2. The molecule has 26 heavy (non-hydrogen) atoms. The number of anilines is 2. The van der Waals surface area contributed by atoms with Crippen LogP contribution in [-0.4, -0.2) is 15.7 Å². The lowest BCUT2D eigenvalue weighted by Crippen LogP contribution is -2.17. The highest BCUT2D eigenvalue weighted by Gasteiger charge is 2.15. The summed E-state index contributed by atoms with van der Waals surface area (Å²) < 4.78 is 18.6. The van der Waals surface area contributed by atoms with E-state index in [2.05, 4.69) is 15.1 Å². The van der Waals surface area contributed by atoms with Gasteiger partial charge in [-0.1, -0.05) is 11.6 Å². The number of benzene rings is 2. The molecule has 134 valence electrons. The third kappa shape index (κ3) is 4.17. The van der Waals surface area contributed by atoms with Crippen LogP contribution in [0.4, 0.5) is 15.8 Å². The Morgan fingerprint density at radius 2 is 1.88 bits per heavy atom. The van der Waals surface area contributed by atoms with E-state index in [0.717, 1.165) is 23.2 Å². The van der Waals surface area contributed by atoms with Crippen LogP contribution in [0.1, 0.15) is 16.1 Å². The number of hydrogen-bond donors (Lipinski definition) is 2. The second kappa shape index (κ2) is 7.80. The van der Waals surface area contributed by atoms with Crippen LogP contribution in [0.25, 0.3) is 0 Å². The first-order valence-corrected chi connectivity index (χ1v) is 8.91. The minimum absolute atomic E-state index is 0.296. The van der Waals surface area contributed by atoms with Crippen LogP contribution in [0.5, 0.6) is 0 Å². The van der Waals surface area contributed by atoms with Crippen LogP contribution in [0.3, 0.4) is 0 Å². The lowest BCUT2D eigenvalue weighted by molar-refractivity contribution is 0.101. The van der Waals surface area contributed by atoms with E-state index in [9.17, 15) is 9.18 Å². The fraction of sp³-hybridized carbons (Fsp3) is 0.111. The zero-order valence-corrected chi connectivity index (χ0v) is 15.7. The van der Waals surface area contributed by atoms with E-state index >= 15 is 0 Å². The summed E-state index contributed by atoms with van der Waals surface area (Å²) in [6.45, 7) is 1.81. The fourth-order valence-corrected chi connectivity index (χ4v) is 3.20. The predicted octanol–water partition coefficient (Wildman–Crippen LogP) is 4.89. The molecule has 1 heterocycles. The van der Waals surface area contributed by atoms with Crippen molar-refractivity contribution >= 4 is 40.8 Å². The molecular weight excluding hydrogens is 375 g/mol. The highest BCUT2D eigenvalue weighted by molar-refractivity contribution is 8.00. The van der Waals surface area contributed by atoms with Crippen LogP contribution in [0.15, 0.2) is 53.6 Å². The van der Waals surface area contributed by atoms with E-state index in [1.165, 1.54) is 16.8 Å². The second-order valence-corrected chi connectivity index (χ2v) is 6.89. The molecule has 0 saturated heterocycles. The smallest absolute Gasteiger partial charge is 0.274 e. The zero-order chi connectivity index (χ0) is 18.7. The summed E-state index contributed by atoms with van der Waals surface area (Å²) in [4.78, 5) is 12.8. The van der Waals surface area contributed by atoms with Gasteiger partial charge in [-0.25, -0.2) is 4.39 Å². The minimum atomic E-state index is -0.383. The maximum atomic E-state index is 14.1. The normalized spacial score (nSPS) is 10.6. The summed E-state index contributed by atoms with van der Waals surface area (Å²) in [5, 5.41) is 7.45. The number of amides is 1. The van der Waals surface area contributed by atoms with Crippen molar-refractivity contribution < 1.29 is 9.18 Å². The molecule has 8 heteroatoms. The number of nitrogens with one attached hydrogen (secondary N) is 2. The summed E-state index contributed by atoms with van der Waals surface area (Å²) in [6.07, 6.45) is 1.62. The van der Waals surface area contributed by atoms with Gasteiger partial charge in [-0.15, -0.1) is 0 Å². The Bertz CT molecular complexity index is 923. The third-order valence-electron chi connectivity index (χ3n) is 3.65. The zero-order valence-electron chi connectivity index (χ0n) is 14.1. The predicted molar refractivity (Wildman–Crippen MR) is 103 cm³/mol. The SMILES string of the molecule is Cc1cnn(C)c1C(=O)Nc1ccc(F)c(SNc2ccc(Cl)cc2)c1. The molecule has 0 fully saturated rings. The Hall–Kier alpha value is -2.51. The summed E-state index contributed by atoms with van der Waals surface area (Å²) in [5.41, 5.74) is 2.52. The molecule has 0 radical (unpaired) electrons. The lowest BCUT2D eigenvalue weighted by Gasteiger charge is -2.10. The molecule has 2 aromatic carbocycles. The van der Waals surface area contributed by atoms with Crippen LogP contribution in [-0.2, 0) is 7.05 Å². The molecule has 1 aromatic heterocycles. The number of carbonyl (C=O) groups excluding carboxylic acids is 1. The lowest BCUT2D eigenvalue weighted by atomic mass is 10.2.